The van der Waals surface area contributed by atoms with Crippen LogP contribution in [0.25, 0.3) is 10.9 Å². The Balaban J connectivity index is 0.000000215. The van der Waals surface area contributed by atoms with Crippen molar-refractivity contribution in [1.82, 2.24) is 4.57 Å². The molecule has 2 aromatic carbocycles. The van der Waals surface area contributed by atoms with Crippen molar-refractivity contribution in [3.63, 3.8) is 0 Å². The first-order chi connectivity index (χ1) is 14.3. The van der Waals surface area contributed by atoms with E-state index >= 15 is 0 Å². The number of hydrogen-bond acceptors (Lipinski definition) is 4. The first kappa shape index (κ1) is 25.7. The van der Waals surface area contributed by atoms with Crippen molar-refractivity contribution in [2.24, 2.45) is 5.92 Å². The Hall–Kier alpha value is -2.57. The molecule has 1 heterocycles. The van der Waals surface area contributed by atoms with E-state index in [1.807, 2.05) is 6.07 Å². The molecule has 0 amide bonds. The molecule has 0 spiro atoms. The maximum Gasteiger partial charge on any atom is 0.422 e. The Morgan fingerprint density at radius 3 is 2.22 bits per heavy atom. The largest absolute Gasteiger partial charge is 0.478 e. The second-order valence-electron chi connectivity index (χ2n) is 7.67. The van der Waals surface area contributed by atoms with Crippen molar-refractivity contribution in [3.8, 4) is 0 Å². The van der Waals surface area contributed by atoms with E-state index in [4.69, 9.17) is 28.3 Å². The molecular weight excluding hydrogens is 453 g/mol. The van der Waals surface area contributed by atoms with Crippen LogP contribution in [0.1, 0.15) is 62.5 Å². The summed E-state index contributed by atoms with van der Waals surface area (Å²) in [5.74, 6) is -0.778. The molecule has 2 fully saturated rings. The van der Waals surface area contributed by atoms with E-state index in [-0.39, 0.29) is 20.9 Å². The summed E-state index contributed by atoms with van der Waals surface area (Å²) < 4.78 is 6.21. The van der Waals surface area contributed by atoms with E-state index in [1.54, 1.807) is 18.2 Å². The number of carboxylic acids is 1. The fourth-order valence-corrected chi connectivity index (χ4v) is 3.75. The number of nitrogens with zero attached hydrogens (tertiary/aromatic N) is 1. The minimum absolute atomic E-state index is 0. The molecule has 0 bridgehead atoms. The normalized spacial score (nSPS) is 14.6. The molecule has 0 unspecified atom stereocenters. The Labute approximate surface area is 196 Å². The third kappa shape index (κ3) is 5.81. The number of carboxylic acid groups (broad SMARTS) is 1. The zero-order valence-corrected chi connectivity index (χ0v) is 17.4. The molecule has 172 valence electrons. The van der Waals surface area contributed by atoms with Crippen molar-refractivity contribution >= 4 is 40.1 Å². The second-order valence-corrected chi connectivity index (χ2v) is 8.55. The first-order valence-corrected chi connectivity index (χ1v) is 10.5. The van der Waals surface area contributed by atoms with Gasteiger partial charge in [-0.3, -0.25) is 4.57 Å². The Kier molecular flexibility index (Phi) is 8.32. The molecule has 6 nitrogen and oxygen atoms in total. The van der Waals surface area contributed by atoms with E-state index in [2.05, 4.69) is 4.42 Å². The van der Waals surface area contributed by atoms with Crippen molar-refractivity contribution in [2.75, 3.05) is 0 Å². The van der Waals surface area contributed by atoms with E-state index in [0.29, 0.717) is 32.4 Å². The van der Waals surface area contributed by atoms with Gasteiger partial charge in [0, 0.05) is 16.1 Å². The molecule has 0 atom stereocenters. The minimum atomic E-state index is -0.886. The Bertz CT molecular complexity index is 1240. The Morgan fingerprint density at radius 1 is 1.00 bits per heavy atom. The Morgan fingerprint density at radius 2 is 1.62 bits per heavy atom. The number of aromatic nitrogens is 1. The van der Waals surface area contributed by atoms with Crippen LogP contribution in [0.15, 0.2) is 50.4 Å². The molecule has 2 aliphatic rings. The van der Waals surface area contributed by atoms with Gasteiger partial charge in [-0.2, -0.15) is 0 Å². The summed E-state index contributed by atoms with van der Waals surface area (Å²) in [6.45, 7) is 0. The van der Waals surface area contributed by atoms with Crippen LogP contribution in [-0.4, -0.2) is 15.6 Å². The quantitative estimate of drug-likeness (QED) is 0.480. The van der Waals surface area contributed by atoms with E-state index in [0.717, 1.165) is 24.8 Å². The second kappa shape index (κ2) is 10.4. The maximum absolute atomic E-state index is 11.6. The van der Waals surface area contributed by atoms with Gasteiger partial charge in [0.1, 0.15) is 0 Å². The molecule has 1 N–H and O–H groups in total. The summed E-state index contributed by atoms with van der Waals surface area (Å²) in [5, 5.41) is 10.3. The predicted octanol–water partition coefficient (Wildman–Crippen LogP) is 6.21. The van der Waals surface area contributed by atoms with Crippen LogP contribution in [0.2, 0.25) is 10.0 Å². The molecule has 2 saturated carbocycles. The van der Waals surface area contributed by atoms with Crippen LogP contribution < -0.4 is 11.4 Å². The lowest BCUT2D eigenvalue weighted by molar-refractivity contribution is 0.0695. The smallest absolute Gasteiger partial charge is 0.422 e. The molecule has 2 aliphatic carbocycles. The highest BCUT2D eigenvalue weighted by Gasteiger charge is 2.27. The molecule has 1 aromatic heterocycles. The first-order valence-electron chi connectivity index (χ1n) is 9.70. The molecule has 3 aromatic rings. The van der Waals surface area contributed by atoms with E-state index in [1.165, 1.54) is 29.5 Å². The van der Waals surface area contributed by atoms with Crippen LogP contribution in [0, 0.1) is 5.92 Å². The van der Waals surface area contributed by atoms with Gasteiger partial charge in [-0.15, -0.1) is 0 Å². The van der Waals surface area contributed by atoms with Crippen molar-refractivity contribution in [1.29, 1.82) is 0 Å². The highest BCUT2D eigenvalue weighted by molar-refractivity contribution is 6.31. The third-order valence-electron chi connectivity index (χ3n) is 5.23. The zero-order valence-electron chi connectivity index (χ0n) is 15.9. The van der Waals surface area contributed by atoms with Gasteiger partial charge in [-0.25, -0.2) is 14.4 Å². The summed E-state index contributed by atoms with van der Waals surface area (Å²) >= 11 is 11.6. The van der Waals surface area contributed by atoms with Crippen LogP contribution in [0.3, 0.4) is 0 Å². The number of aromatic carboxylic acids is 1. The molecular formula is C24H27Cl2NO5. The molecule has 5 rings (SSSR count). The number of rotatable bonds is 4. The SMILES string of the molecule is C.C.O=C(O)c1cc(Cl)ccc1CC1CC1.O=c1oc(=O)n(C2CC2)c2ccc(Cl)cc12. The summed E-state index contributed by atoms with van der Waals surface area (Å²) in [6, 6.07) is 10.2. The lowest BCUT2D eigenvalue weighted by atomic mass is 10.0. The summed E-state index contributed by atoms with van der Waals surface area (Å²) in [4.78, 5) is 34.0. The highest BCUT2D eigenvalue weighted by Crippen LogP contribution is 2.35. The number of fused-ring (bicyclic) bond motifs is 1. The fraction of sp³-hybridized carbons (Fsp3) is 0.375. The van der Waals surface area contributed by atoms with Gasteiger partial charge < -0.3 is 9.52 Å². The third-order valence-corrected chi connectivity index (χ3v) is 5.70. The molecule has 32 heavy (non-hydrogen) atoms. The highest BCUT2D eigenvalue weighted by atomic mass is 35.5. The van der Waals surface area contributed by atoms with Gasteiger partial charge in [-0.05, 0) is 73.9 Å². The summed E-state index contributed by atoms with van der Waals surface area (Å²) in [6.07, 6.45) is 5.22. The van der Waals surface area contributed by atoms with E-state index in [9.17, 15) is 14.4 Å². The monoisotopic (exact) mass is 479 g/mol. The van der Waals surface area contributed by atoms with Crippen molar-refractivity contribution in [2.45, 2.75) is 53.0 Å². The van der Waals surface area contributed by atoms with Gasteiger partial charge >= 0.3 is 17.4 Å². The summed E-state index contributed by atoms with van der Waals surface area (Å²) in [7, 11) is 0. The van der Waals surface area contributed by atoms with Crippen molar-refractivity contribution in [3.05, 3.63) is 78.5 Å². The van der Waals surface area contributed by atoms with Gasteiger partial charge in [-0.1, -0.05) is 44.1 Å². The zero-order chi connectivity index (χ0) is 21.4. The predicted molar refractivity (Wildman–Crippen MR) is 128 cm³/mol. The molecule has 0 saturated heterocycles. The molecule has 8 heteroatoms. The number of halogens is 2. The van der Waals surface area contributed by atoms with Gasteiger partial charge in [0.25, 0.3) is 0 Å². The maximum atomic E-state index is 11.6. The standard InChI is InChI=1S/C11H8ClNO3.C11H11ClO2.2CH4/c12-6-1-4-9-8(5-6)10(14)16-11(15)13(9)7-2-3-7;12-9-4-3-8(5-7-1-2-7)10(6-9)11(13)14;;/h1,4-5,7H,2-3H2;3-4,6-7H,1-2,5H2,(H,13,14);2*1H4. The number of carbonyl (C=O) groups is 1. The van der Waals surface area contributed by atoms with Gasteiger partial charge in [0.05, 0.1) is 16.5 Å². The number of hydrogen-bond donors (Lipinski definition) is 1. The topological polar surface area (TPSA) is 89.5 Å². The summed E-state index contributed by atoms with van der Waals surface area (Å²) in [5.41, 5.74) is 1.24. The van der Waals surface area contributed by atoms with E-state index < -0.39 is 17.4 Å². The van der Waals surface area contributed by atoms with Crippen LogP contribution >= 0.6 is 23.2 Å². The average molecular weight is 480 g/mol. The van der Waals surface area contributed by atoms with Gasteiger partial charge in [0.2, 0.25) is 0 Å². The average Bonchev–Trinajstić information content (AvgIpc) is 3.59. The van der Waals surface area contributed by atoms with Crippen LogP contribution in [0.5, 0.6) is 0 Å². The van der Waals surface area contributed by atoms with Crippen LogP contribution in [-0.2, 0) is 6.42 Å². The molecule has 0 radical (unpaired) electrons. The fourth-order valence-electron chi connectivity index (χ4n) is 3.40. The number of benzene rings is 2. The molecule has 0 aliphatic heterocycles. The van der Waals surface area contributed by atoms with Gasteiger partial charge in [0.15, 0.2) is 0 Å². The lowest BCUT2D eigenvalue weighted by Gasteiger charge is -2.06. The lowest BCUT2D eigenvalue weighted by Crippen LogP contribution is -2.24. The van der Waals surface area contributed by atoms with Crippen LogP contribution in [0.4, 0.5) is 0 Å². The van der Waals surface area contributed by atoms with Crippen molar-refractivity contribution < 1.29 is 14.3 Å². The minimum Gasteiger partial charge on any atom is -0.478 e.